The zero-order valence-electron chi connectivity index (χ0n) is 15.0. The number of hydrogen-bond acceptors (Lipinski definition) is 4. The van der Waals surface area contributed by atoms with Gasteiger partial charge in [-0.1, -0.05) is 12.2 Å². The molecular formula is C19H28N2O3. The minimum Gasteiger partial charge on any atom is -0.494 e. The number of ether oxygens (including phenoxy) is 2. The predicted molar refractivity (Wildman–Crippen MR) is 97.8 cm³/mol. The van der Waals surface area contributed by atoms with Crippen LogP contribution in [0.25, 0.3) is 0 Å². The van der Waals surface area contributed by atoms with Crippen LogP contribution < -0.4 is 15.4 Å². The molecule has 0 saturated carbocycles. The Labute approximate surface area is 144 Å². The van der Waals surface area contributed by atoms with E-state index in [2.05, 4.69) is 22.8 Å². The minimum absolute atomic E-state index is 0.490. The van der Waals surface area contributed by atoms with Crippen molar-refractivity contribution in [1.29, 1.82) is 0 Å². The van der Waals surface area contributed by atoms with Crippen LogP contribution in [0.1, 0.15) is 40.0 Å². The van der Waals surface area contributed by atoms with E-state index in [1.807, 2.05) is 39.0 Å². The smallest absolute Gasteiger partial charge is 0.412 e. The molecule has 0 saturated heterocycles. The first-order valence-corrected chi connectivity index (χ1v) is 8.44. The number of carbonyl (C=O) groups is 1. The van der Waals surface area contributed by atoms with Gasteiger partial charge in [0.1, 0.15) is 11.4 Å². The number of methoxy groups -OCH3 is 1. The Morgan fingerprint density at radius 2 is 2.08 bits per heavy atom. The summed E-state index contributed by atoms with van der Waals surface area (Å²) in [5, 5.41) is 6.18. The van der Waals surface area contributed by atoms with Crippen molar-refractivity contribution in [2.75, 3.05) is 24.3 Å². The Morgan fingerprint density at radius 3 is 2.71 bits per heavy atom. The fourth-order valence-corrected chi connectivity index (χ4v) is 2.62. The molecule has 0 spiro atoms. The molecule has 2 rings (SSSR count). The van der Waals surface area contributed by atoms with E-state index in [1.54, 1.807) is 7.11 Å². The second-order valence-electron chi connectivity index (χ2n) is 7.07. The number of hydrogen-bond donors (Lipinski definition) is 2. The van der Waals surface area contributed by atoms with Gasteiger partial charge in [0, 0.05) is 18.3 Å². The van der Waals surface area contributed by atoms with Gasteiger partial charge in [-0.05, 0) is 58.1 Å². The summed E-state index contributed by atoms with van der Waals surface area (Å²) in [6.07, 6.45) is 7.52. The van der Waals surface area contributed by atoms with Crippen molar-refractivity contribution < 1.29 is 14.3 Å². The first kappa shape index (κ1) is 18.2. The number of carbonyl (C=O) groups excluding carboxylic acids is 1. The fourth-order valence-electron chi connectivity index (χ4n) is 2.62. The Kier molecular flexibility index (Phi) is 6.12. The molecule has 5 nitrogen and oxygen atoms in total. The second kappa shape index (κ2) is 8.08. The van der Waals surface area contributed by atoms with E-state index in [1.165, 1.54) is 6.42 Å². The van der Waals surface area contributed by atoms with Crippen LogP contribution in [0.2, 0.25) is 0 Å². The molecule has 24 heavy (non-hydrogen) atoms. The van der Waals surface area contributed by atoms with Gasteiger partial charge < -0.3 is 14.8 Å². The largest absolute Gasteiger partial charge is 0.494 e. The van der Waals surface area contributed by atoms with Gasteiger partial charge in [0.2, 0.25) is 0 Å². The summed E-state index contributed by atoms with van der Waals surface area (Å²) < 4.78 is 10.7. The van der Waals surface area contributed by atoms with Gasteiger partial charge in [-0.25, -0.2) is 4.79 Å². The van der Waals surface area contributed by atoms with Crippen LogP contribution in [0, 0.1) is 5.92 Å². The first-order chi connectivity index (χ1) is 11.4. The van der Waals surface area contributed by atoms with Gasteiger partial charge in [-0.15, -0.1) is 0 Å². The zero-order chi connectivity index (χ0) is 17.6. The monoisotopic (exact) mass is 332 g/mol. The van der Waals surface area contributed by atoms with Gasteiger partial charge >= 0.3 is 6.09 Å². The highest BCUT2D eigenvalue weighted by Gasteiger charge is 2.17. The molecule has 1 aromatic rings. The third-order valence-electron chi connectivity index (χ3n) is 3.81. The summed E-state index contributed by atoms with van der Waals surface area (Å²) >= 11 is 0. The van der Waals surface area contributed by atoms with Gasteiger partial charge in [-0.3, -0.25) is 5.32 Å². The standard InChI is InChI=1S/C19H28N2O3/c1-19(2,3)24-18(22)21-16-11-10-15(12-17(16)23-4)20-13-14-8-6-5-7-9-14/h5-6,10-12,14,20H,7-9,13H2,1-4H3,(H,21,22). The summed E-state index contributed by atoms with van der Waals surface area (Å²) in [5.41, 5.74) is 1.04. The van der Waals surface area contributed by atoms with Crippen LogP contribution >= 0.6 is 0 Å². The molecule has 1 atom stereocenters. The van der Waals surface area contributed by atoms with Crippen molar-refractivity contribution in [1.82, 2.24) is 0 Å². The molecule has 0 bridgehead atoms. The Bertz CT molecular complexity index is 591. The molecule has 0 radical (unpaired) electrons. The zero-order valence-corrected chi connectivity index (χ0v) is 15.0. The molecule has 1 amide bonds. The van der Waals surface area contributed by atoms with Crippen molar-refractivity contribution >= 4 is 17.5 Å². The van der Waals surface area contributed by atoms with Crippen LogP contribution in [-0.2, 0) is 4.74 Å². The molecule has 0 aliphatic heterocycles. The SMILES string of the molecule is COc1cc(NCC2CC=CCC2)ccc1NC(=O)OC(C)(C)C. The van der Waals surface area contributed by atoms with Crippen molar-refractivity contribution in [2.45, 2.75) is 45.6 Å². The Morgan fingerprint density at radius 1 is 1.29 bits per heavy atom. The van der Waals surface area contributed by atoms with Gasteiger partial charge in [0.05, 0.1) is 12.8 Å². The minimum atomic E-state index is -0.534. The normalized spacial score (nSPS) is 17.2. The average molecular weight is 332 g/mol. The number of nitrogens with one attached hydrogen (secondary N) is 2. The average Bonchev–Trinajstić information content (AvgIpc) is 2.53. The molecular weight excluding hydrogens is 304 g/mol. The lowest BCUT2D eigenvalue weighted by atomic mass is 9.94. The lowest BCUT2D eigenvalue weighted by Gasteiger charge is -2.21. The lowest BCUT2D eigenvalue weighted by molar-refractivity contribution is 0.0635. The third kappa shape index (κ3) is 5.80. The predicted octanol–water partition coefficient (Wildman–Crippen LogP) is 4.81. The molecule has 1 aliphatic carbocycles. The van der Waals surface area contributed by atoms with Crippen LogP contribution in [0.15, 0.2) is 30.4 Å². The molecule has 1 aromatic carbocycles. The van der Waals surface area contributed by atoms with Crippen LogP contribution in [-0.4, -0.2) is 25.3 Å². The molecule has 2 N–H and O–H groups in total. The summed E-state index contributed by atoms with van der Waals surface area (Å²) in [4.78, 5) is 11.9. The molecule has 0 aromatic heterocycles. The van der Waals surface area contributed by atoms with Crippen molar-refractivity contribution in [3.8, 4) is 5.75 Å². The van der Waals surface area contributed by atoms with Crippen molar-refractivity contribution in [2.24, 2.45) is 5.92 Å². The fraction of sp³-hybridized carbons (Fsp3) is 0.526. The van der Waals surface area contributed by atoms with Crippen LogP contribution in [0.5, 0.6) is 5.75 Å². The maximum atomic E-state index is 11.9. The maximum Gasteiger partial charge on any atom is 0.412 e. The molecule has 132 valence electrons. The molecule has 0 fully saturated rings. The lowest BCUT2D eigenvalue weighted by Crippen LogP contribution is -2.27. The number of rotatable bonds is 5. The molecule has 1 unspecified atom stereocenters. The van der Waals surface area contributed by atoms with E-state index in [4.69, 9.17) is 9.47 Å². The van der Waals surface area contributed by atoms with E-state index in [9.17, 15) is 4.79 Å². The van der Waals surface area contributed by atoms with Crippen LogP contribution in [0.4, 0.5) is 16.2 Å². The van der Waals surface area contributed by atoms with Gasteiger partial charge in [0.15, 0.2) is 0 Å². The third-order valence-corrected chi connectivity index (χ3v) is 3.81. The van der Waals surface area contributed by atoms with E-state index >= 15 is 0 Å². The van der Waals surface area contributed by atoms with E-state index in [0.29, 0.717) is 17.4 Å². The number of benzene rings is 1. The molecule has 0 heterocycles. The second-order valence-corrected chi connectivity index (χ2v) is 7.07. The maximum absolute atomic E-state index is 11.9. The van der Waals surface area contributed by atoms with E-state index < -0.39 is 11.7 Å². The number of allylic oxidation sites excluding steroid dienone is 2. The molecule has 5 heteroatoms. The van der Waals surface area contributed by atoms with E-state index in [0.717, 1.165) is 25.1 Å². The number of anilines is 2. The van der Waals surface area contributed by atoms with Crippen molar-refractivity contribution in [3.05, 3.63) is 30.4 Å². The highest BCUT2D eigenvalue weighted by molar-refractivity contribution is 5.87. The molecule has 1 aliphatic rings. The first-order valence-electron chi connectivity index (χ1n) is 8.44. The Hall–Kier alpha value is -2.17. The summed E-state index contributed by atoms with van der Waals surface area (Å²) in [6, 6.07) is 5.66. The summed E-state index contributed by atoms with van der Waals surface area (Å²) in [5.74, 6) is 1.27. The Balaban J connectivity index is 1.96. The van der Waals surface area contributed by atoms with Crippen LogP contribution in [0.3, 0.4) is 0 Å². The van der Waals surface area contributed by atoms with Gasteiger partial charge in [-0.2, -0.15) is 0 Å². The van der Waals surface area contributed by atoms with E-state index in [-0.39, 0.29) is 0 Å². The topological polar surface area (TPSA) is 59.6 Å². The highest BCUT2D eigenvalue weighted by atomic mass is 16.6. The van der Waals surface area contributed by atoms with Gasteiger partial charge in [0.25, 0.3) is 0 Å². The van der Waals surface area contributed by atoms with Crippen molar-refractivity contribution in [3.63, 3.8) is 0 Å². The highest BCUT2D eigenvalue weighted by Crippen LogP contribution is 2.29. The quantitative estimate of drug-likeness (QED) is 0.760. The summed E-state index contributed by atoms with van der Waals surface area (Å²) in [6.45, 7) is 6.43. The number of amides is 1. The summed E-state index contributed by atoms with van der Waals surface area (Å²) in [7, 11) is 1.59.